The second-order valence-corrected chi connectivity index (χ2v) is 5.62. The molecule has 1 aliphatic heterocycles. The van der Waals surface area contributed by atoms with Crippen LogP contribution in [0.2, 0.25) is 0 Å². The molecule has 0 spiro atoms. The molecule has 1 saturated heterocycles. The number of rotatable bonds is 3. The van der Waals surface area contributed by atoms with Gasteiger partial charge in [-0.25, -0.2) is 4.98 Å². The third-order valence-corrected chi connectivity index (χ3v) is 3.87. The molecule has 1 aromatic carbocycles. The molecular weight excluding hydrogens is 250 g/mol. The fraction of sp³-hybridized carbons (Fsp3) is 0.438. The van der Waals surface area contributed by atoms with E-state index in [1.807, 2.05) is 12.1 Å². The fourth-order valence-electron chi connectivity index (χ4n) is 2.55. The Morgan fingerprint density at radius 1 is 1.25 bits per heavy atom. The Labute approximate surface area is 119 Å². The van der Waals surface area contributed by atoms with Crippen LogP contribution < -0.4 is 5.73 Å². The number of likely N-dealkylation sites (tertiary alicyclic amines) is 1. The van der Waals surface area contributed by atoms with E-state index in [2.05, 4.69) is 28.9 Å². The Morgan fingerprint density at radius 3 is 2.65 bits per heavy atom. The summed E-state index contributed by atoms with van der Waals surface area (Å²) in [5.74, 6) is 0.703. The van der Waals surface area contributed by atoms with E-state index in [0.717, 1.165) is 43.7 Å². The third kappa shape index (κ3) is 3.08. The number of nitrogens with two attached hydrogens (primary N) is 1. The number of hydrogen-bond donors (Lipinski definition) is 1. The minimum Gasteiger partial charge on any atom is -0.444 e. The zero-order valence-corrected chi connectivity index (χ0v) is 11.9. The van der Waals surface area contributed by atoms with Gasteiger partial charge in [0.2, 0.25) is 5.89 Å². The number of nitrogens with zero attached hydrogens (tertiary/aromatic N) is 2. The summed E-state index contributed by atoms with van der Waals surface area (Å²) in [6.45, 7) is 5.02. The second kappa shape index (κ2) is 5.77. The molecule has 4 heteroatoms. The van der Waals surface area contributed by atoms with E-state index in [4.69, 9.17) is 10.2 Å². The third-order valence-electron chi connectivity index (χ3n) is 3.87. The lowest BCUT2D eigenvalue weighted by Crippen LogP contribution is -2.39. The Balaban J connectivity index is 1.66. The van der Waals surface area contributed by atoms with Gasteiger partial charge in [-0.05, 0) is 31.9 Å². The highest BCUT2D eigenvalue weighted by Crippen LogP contribution is 2.20. The zero-order chi connectivity index (χ0) is 13.9. The first kappa shape index (κ1) is 13.3. The summed E-state index contributed by atoms with van der Waals surface area (Å²) >= 11 is 0. The van der Waals surface area contributed by atoms with Crippen molar-refractivity contribution in [1.82, 2.24) is 9.88 Å². The maximum Gasteiger partial charge on any atom is 0.226 e. The first-order chi connectivity index (χ1) is 9.70. The molecule has 0 bridgehead atoms. The van der Waals surface area contributed by atoms with Crippen molar-refractivity contribution >= 4 is 0 Å². The number of piperidine rings is 1. The Morgan fingerprint density at radius 2 is 1.95 bits per heavy atom. The van der Waals surface area contributed by atoms with Crippen LogP contribution in [0.25, 0.3) is 11.5 Å². The average molecular weight is 271 g/mol. The van der Waals surface area contributed by atoms with Gasteiger partial charge in [-0.1, -0.05) is 17.7 Å². The van der Waals surface area contributed by atoms with E-state index in [-0.39, 0.29) is 0 Å². The summed E-state index contributed by atoms with van der Waals surface area (Å²) in [7, 11) is 0. The highest BCUT2D eigenvalue weighted by atomic mass is 16.3. The Hall–Kier alpha value is -1.65. The van der Waals surface area contributed by atoms with Crippen LogP contribution in [-0.4, -0.2) is 29.0 Å². The molecule has 106 valence electrons. The molecule has 0 radical (unpaired) electrons. The Bertz CT molecular complexity index is 553. The first-order valence-electron chi connectivity index (χ1n) is 7.20. The van der Waals surface area contributed by atoms with Crippen LogP contribution in [0.5, 0.6) is 0 Å². The summed E-state index contributed by atoms with van der Waals surface area (Å²) in [5.41, 5.74) is 9.19. The van der Waals surface area contributed by atoms with Crippen molar-refractivity contribution in [1.29, 1.82) is 0 Å². The molecule has 3 rings (SSSR count). The molecule has 0 saturated carbocycles. The van der Waals surface area contributed by atoms with E-state index >= 15 is 0 Å². The molecule has 1 aromatic heterocycles. The van der Waals surface area contributed by atoms with Gasteiger partial charge in [-0.15, -0.1) is 0 Å². The summed E-state index contributed by atoms with van der Waals surface area (Å²) in [5, 5.41) is 0. The van der Waals surface area contributed by atoms with Gasteiger partial charge in [0, 0.05) is 31.2 Å². The monoisotopic (exact) mass is 271 g/mol. The predicted octanol–water partition coefficient (Wildman–Crippen LogP) is 2.57. The molecule has 0 aliphatic carbocycles. The average Bonchev–Trinajstić information content (AvgIpc) is 2.91. The van der Waals surface area contributed by atoms with Gasteiger partial charge in [0.25, 0.3) is 0 Å². The summed E-state index contributed by atoms with van der Waals surface area (Å²) in [4.78, 5) is 6.97. The molecule has 1 fully saturated rings. The number of oxazole rings is 1. The zero-order valence-electron chi connectivity index (χ0n) is 11.9. The highest BCUT2D eigenvalue weighted by molar-refractivity contribution is 5.53. The van der Waals surface area contributed by atoms with E-state index in [0.29, 0.717) is 11.9 Å². The first-order valence-corrected chi connectivity index (χ1v) is 7.20. The van der Waals surface area contributed by atoms with E-state index in [1.54, 1.807) is 6.26 Å². The molecule has 4 nitrogen and oxygen atoms in total. The number of benzene rings is 1. The van der Waals surface area contributed by atoms with Gasteiger partial charge in [0.1, 0.15) is 6.26 Å². The van der Waals surface area contributed by atoms with Crippen LogP contribution in [0.4, 0.5) is 0 Å². The maximum absolute atomic E-state index is 5.92. The molecule has 20 heavy (non-hydrogen) atoms. The van der Waals surface area contributed by atoms with Gasteiger partial charge in [-0.3, -0.25) is 4.90 Å². The summed E-state index contributed by atoms with van der Waals surface area (Å²) in [6, 6.07) is 8.61. The topological polar surface area (TPSA) is 55.3 Å². The SMILES string of the molecule is Cc1ccc(-c2nc(CN3CCC(N)CC3)co2)cc1. The minimum atomic E-state index is 0.367. The van der Waals surface area contributed by atoms with Gasteiger partial charge >= 0.3 is 0 Å². The number of aryl methyl sites for hydroxylation is 1. The van der Waals surface area contributed by atoms with Crippen molar-refractivity contribution in [3.05, 3.63) is 41.8 Å². The molecule has 0 amide bonds. The number of hydrogen-bond acceptors (Lipinski definition) is 4. The van der Waals surface area contributed by atoms with Crippen molar-refractivity contribution in [3.8, 4) is 11.5 Å². The molecule has 0 atom stereocenters. The van der Waals surface area contributed by atoms with Crippen molar-refractivity contribution in [2.24, 2.45) is 5.73 Å². The molecular formula is C16H21N3O. The lowest BCUT2D eigenvalue weighted by molar-refractivity contribution is 0.203. The smallest absolute Gasteiger partial charge is 0.226 e. The molecule has 0 unspecified atom stereocenters. The highest BCUT2D eigenvalue weighted by Gasteiger charge is 2.17. The van der Waals surface area contributed by atoms with Crippen molar-refractivity contribution in [2.45, 2.75) is 32.4 Å². The lowest BCUT2D eigenvalue weighted by Gasteiger charge is -2.29. The standard InChI is InChI=1S/C16H21N3O/c1-12-2-4-13(5-3-12)16-18-15(11-20-16)10-19-8-6-14(17)7-9-19/h2-5,11,14H,6-10,17H2,1H3. The van der Waals surface area contributed by atoms with Gasteiger partial charge in [0.05, 0.1) is 5.69 Å². The minimum absolute atomic E-state index is 0.367. The molecule has 2 aromatic rings. The normalized spacial score (nSPS) is 17.5. The van der Waals surface area contributed by atoms with Crippen LogP contribution in [0.3, 0.4) is 0 Å². The predicted molar refractivity (Wildman–Crippen MR) is 79.2 cm³/mol. The fourth-order valence-corrected chi connectivity index (χ4v) is 2.55. The number of aromatic nitrogens is 1. The van der Waals surface area contributed by atoms with Crippen LogP contribution in [0, 0.1) is 6.92 Å². The lowest BCUT2D eigenvalue weighted by atomic mass is 10.1. The molecule has 2 heterocycles. The summed E-state index contributed by atoms with van der Waals surface area (Å²) in [6.07, 6.45) is 3.91. The summed E-state index contributed by atoms with van der Waals surface area (Å²) < 4.78 is 5.59. The molecule has 2 N–H and O–H groups in total. The van der Waals surface area contributed by atoms with Crippen molar-refractivity contribution < 1.29 is 4.42 Å². The van der Waals surface area contributed by atoms with Gasteiger partial charge < -0.3 is 10.2 Å². The van der Waals surface area contributed by atoms with Gasteiger partial charge in [-0.2, -0.15) is 0 Å². The van der Waals surface area contributed by atoms with Crippen LogP contribution in [0.15, 0.2) is 34.9 Å². The quantitative estimate of drug-likeness (QED) is 0.932. The van der Waals surface area contributed by atoms with Crippen LogP contribution in [-0.2, 0) is 6.54 Å². The maximum atomic E-state index is 5.92. The van der Waals surface area contributed by atoms with Crippen LogP contribution in [0.1, 0.15) is 24.1 Å². The van der Waals surface area contributed by atoms with Crippen LogP contribution >= 0.6 is 0 Å². The molecule has 1 aliphatic rings. The van der Waals surface area contributed by atoms with Gasteiger partial charge in [0.15, 0.2) is 0 Å². The van der Waals surface area contributed by atoms with E-state index < -0.39 is 0 Å². The Kier molecular flexibility index (Phi) is 3.85. The van der Waals surface area contributed by atoms with Crippen molar-refractivity contribution in [2.75, 3.05) is 13.1 Å². The second-order valence-electron chi connectivity index (χ2n) is 5.62. The van der Waals surface area contributed by atoms with E-state index in [1.165, 1.54) is 5.56 Å². The largest absolute Gasteiger partial charge is 0.444 e. The van der Waals surface area contributed by atoms with E-state index in [9.17, 15) is 0 Å². The van der Waals surface area contributed by atoms with Crippen molar-refractivity contribution in [3.63, 3.8) is 0 Å².